The van der Waals surface area contributed by atoms with E-state index in [1.165, 1.54) is 6.07 Å². The maximum absolute atomic E-state index is 12.8. The van der Waals surface area contributed by atoms with Gasteiger partial charge in [0, 0.05) is 6.54 Å². The number of likely N-dealkylation sites (tertiary alicyclic amines) is 1. The molecule has 126 valence electrons. The van der Waals surface area contributed by atoms with E-state index in [-0.39, 0.29) is 23.9 Å². The van der Waals surface area contributed by atoms with E-state index in [0.29, 0.717) is 6.54 Å². The number of hydrogen-bond acceptors (Lipinski definition) is 3. The molecule has 1 unspecified atom stereocenters. The van der Waals surface area contributed by atoms with E-state index in [1.54, 1.807) is 24.5 Å². The van der Waals surface area contributed by atoms with Crippen molar-refractivity contribution in [3.05, 3.63) is 59.5 Å². The fourth-order valence-corrected chi connectivity index (χ4v) is 3.27. The van der Waals surface area contributed by atoms with Crippen LogP contribution in [0.1, 0.15) is 53.4 Å². The van der Waals surface area contributed by atoms with Gasteiger partial charge >= 0.3 is 5.97 Å². The van der Waals surface area contributed by atoms with Crippen LogP contribution in [0.4, 0.5) is 0 Å². The maximum atomic E-state index is 12.8. The van der Waals surface area contributed by atoms with Crippen LogP contribution in [-0.4, -0.2) is 28.4 Å². The van der Waals surface area contributed by atoms with E-state index in [0.717, 1.165) is 37.0 Å². The summed E-state index contributed by atoms with van der Waals surface area (Å²) in [6.45, 7) is 0.711. The van der Waals surface area contributed by atoms with Crippen LogP contribution in [0.25, 0.3) is 0 Å². The molecule has 1 amide bonds. The minimum atomic E-state index is -0.979. The number of benzene rings is 1. The van der Waals surface area contributed by atoms with Gasteiger partial charge in [0.2, 0.25) is 5.91 Å². The molecule has 24 heavy (non-hydrogen) atoms. The minimum absolute atomic E-state index is 0.0147. The molecule has 5 heteroatoms. The van der Waals surface area contributed by atoms with E-state index < -0.39 is 5.97 Å². The topological polar surface area (TPSA) is 70.8 Å². The number of hydrogen-bond donors (Lipinski definition) is 1. The number of nitrogens with zero attached hydrogens (tertiary/aromatic N) is 1. The molecule has 3 rings (SSSR count). The zero-order chi connectivity index (χ0) is 16.9. The molecule has 1 aromatic heterocycles. The van der Waals surface area contributed by atoms with Crippen LogP contribution >= 0.6 is 0 Å². The maximum Gasteiger partial charge on any atom is 0.335 e. The summed E-state index contributed by atoms with van der Waals surface area (Å²) in [7, 11) is 0. The minimum Gasteiger partial charge on any atom is -0.478 e. The van der Waals surface area contributed by atoms with Crippen LogP contribution < -0.4 is 0 Å². The second-order valence-corrected chi connectivity index (χ2v) is 6.15. The van der Waals surface area contributed by atoms with E-state index in [2.05, 4.69) is 0 Å². The summed E-state index contributed by atoms with van der Waals surface area (Å²) in [6.07, 6.45) is 5.91. The zero-order valence-electron chi connectivity index (χ0n) is 13.5. The predicted octanol–water partition coefficient (Wildman–Crippen LogP) is 3.66. The molecule has 0 aliphatic carbocycles. The first-order valence-electron chi connectivity index (χ1n) is 8.30. The smallest absolute Gasteiger partial charge is 0.335 e. The summed E-state index contributed by atoms with van der Waals surface area (Å²) in [5.74, 6) is -0.141. The van der Waals surface area contributed by atoms with Gasteiger partial charge in [0.25, 0.3) is 0 Å². The molecule has 1 N–H and O–H groups in total. The van der Waals surface area contributed by atoms with E-state index in [9.17, 15) is 9.59 Å². The van der Waals surface area contributed by atoms with Gasteiger partial charge in [-0.25, -0.2) is 4.79 Å². The van der Waals surface area contributed by atoms with Crippen LogP contribution in [0, 0.1) is 0 Å². The molecule has 2 aromatic rings. The van der Waals surface area contributed by atoms with Crippen LogP contribution in [0.3, 0.4) is 0 Å². The van der Waals surface area contributed by atoms with Gasteiger partial charge in [-0.2, -0.15) is 0 Å². The van der Waals surface area contributed by atoms with Crippen molar-refractivity contribution in [2.75, 3.05) is 6.54 Å². The molecular formula is C19H21NO4. The molecule has 0 saturated carbocycles. The fraction of sp³-hybridized carbons (Fsp3) is 0.368. The number of carbonyl (C=O) groups excluding carboxylic acids is 1. The Balaban J connectivity index is 1.78. The molecule has 1 fully saturated rings. The SMILES string of the molecule is O=C(O)c1cccc(CC(=O)N2CCCCCC2c2ccco2)c1. The quantitative estimate of drug-likeness (QED) is 0.930. The molecule has 0 bridgehead atoms. The third-order valence-electron chi connectivity index (χ3n) is 4.47. The van der Waals surface area contributed by atoms with Crippen molar-refractivity contribution in [2.45, 2.75) is 38.1 Å². The number of carboxylic acid groups (broad SMARTS) is 1. The van der Waals surface area contributed by atoms with Gasteiger partial charge < -0.3 is 14.4 Å². The van der Waals surface area contributed by atoms with Crippen molar-refractivity contribution in [3.8, 4) is 0 Å². The van der Waals surface area contributed by atoms with Crippen molar-refractivity contribution in [1.82, 2.24) is 4.90 Å². The third kappa shape index (κ3) is 3.67. The Morgan fingerprint density at radius 3 is 2.79 bits per heavy atom. The lowest BCUT2D eigenvalue weighted by Crippen LogP contribution is -2.35. The summed E-state index contributed by atoms with van der Waals surface area (Å²) in [6, 6.07) is 10.3. The van der Waals surface area contributed by atoms with Crippen molar-refractivity contribution < 1.29 is 19.1 Å². The Labute approximate surface area is 140 Å². The molecule has 1 saturated heterocycles. The van der Waals surface area contributed by atoms with Gasteiger partial charge in [-0.3, -0.25) is 4.79 Å². The first-order chi connectivity index (χ1) is 11.6. The number of aromatic carboxylic acids is 1. The Bertz CT molecular complexity index is 708. The van der Waals surface area contributed by atoms with Crippen LogP contribution in [0.5, 0.6) is 0 Å². The highest BCUT2D eigenvalue weighted by Crippen LogP contribution is 2.31. The Kier molecular flexibility index (Phi) is 4.99. The van der Waals surface area contributed by atoms with E-state index in [4.69, 9.17) is 9.52 Å². The van der Waals surface area contributed by atoms with Crippen molar-refractivity contribution >= 4 is 11.9 Å². The highest BCUT2D eigenvalue weighted by atomic mass is 16.4. The van der Waals surface area contributed by atoms with Crippen LogP contribution in [-0.2, 0) is 11.2 Å². The molecular weight excluding hydrogens is 306 g/mol. The number of carboxylic acids is 1. The standard InChI is InChI=1S/C19H21NO4/c21-18(13-14-6-4-7-15(12-14)19(22)23)20-10-3-1-2-8-16(20)17-9-5-11-24-17/h4-7,9,11-12,16H,1-3,8,10,13H2,(H,22,23). The number of amides is 1. The molecule has 0 spiro atoms. The Morgan fingerprint density at radius 1 is 1.17 bits per heavy atom. The molecule has 1 aromatic carbocycles. The van der Waals surface area contributed by atoms with E-state index >= 15 is 0 Å². The van der Waals surface area contributed by atoms with Crippen LogP contribution in [0.15, 0.2) is 47.1 Å². The largest absolute Gasteiger partial charge is 0.478 e. The van der Waals surface area contributed by atoms with Crippen molar-refractivity contribution in [2.24, 2.45) is 0 Å². The average molecular weight is 327 g/mol. The Hall–Kier alpha value is -2.56. The summed E-state index contributed by atoms with van der Waals surface area (Å²) in [5.41, 5.74) is 0.932. The summed E-state index contributed by atoms with van der Waals surface area (Å²) >= 11 is 0. The van der Waals surface area contributed by atoms with Crippen LogP contribution in [0.2, 0.25) is 0 Å². The Morgan fingerprint density at radius 2 is 2.04 bits per heavy atom. The lowest BCUT2D eigenvalue weighted by atomic mass is 10.0. The predicted molar refractivity (Wildman–Crippen MR) is 88.7 cm³/mol. The van der Waals surface area contributed by atoms with Gasteiger partial charge in [-0.05, 0) is 42.7 Å². The fourth-order valence-electron chi connectivity index (χ4n) is 3.27. The first kappa shape index (κ1) is 16.3. The van der Waals surface area contributed by atoms with Gasteiger partial charge in [-0.1, -0.05) is 25.0 Å². The third-order valence-corrected chi connectivity index (χ3v) is 4.47. The van der Waals surface area contributed by atoms with Crippen molar-refractivity contribution in [1.29, 1.82) is 0 Å². The van der Waals surface area contributed by atoms with E-state index in [1.807, 2.05) is 17.0 Å². The summed E-state index contributed by atoms with van der Waals surface area (Å²) in [5, 5.41) is 9.09. The molecule has 1 atom stereocenters. The highest BCUT2D eigenvalue weighted by Gasteiger charge is 2.28. The lowest BCUT2D eigenvalue weighted by Gasteiger charge is -2.28. The van der Waals surface area contributed by atoms with Crippen molar-refractivity contribution in [3.63, 3.8) is 0 Å². The molecule has 0 radical (unpaired) electrons. The average Bonchev–Trinajstić information content (AvgIpc) is 2.99. The number of carbonyl (C=O) groups is 2. The highest BCUT2D eigenvalue weighted by molar-refractivity contribution is 5.88. The monoisotopic (exact) mass is 327 g/mol. The summed E-state index contributed by atoms with van der Waals surface area (Å²) in [4.78, 5) is 25.8. The lowest BCUT2D eigenvalue weighted by molar-refractivity contribution is -0.133. The normalized spacial score (nSPS) is 18.2. The molecule has 5 nitrogen and oxygen atoms in total. The van der Waals surface area contributed by atoms with Gasteiger partial charge in [-0.15, -0.1) is 0 Å². The van der Waals surface area contributed by atoms with Gasteiger partial charge in [0.1, 0.15) is 5.76 Å². The molecule has 1 aliphatic heterocycles. The first-order valence-corrected chi connectivity index (χ1v) is 8.30. The van der Waals surface area contributed by atoms with Gasteiger partial charge in [0.15, 0.2) is 0 Å². The number of furan rings is 1. The second kappa shape index (κ2) is 7.34. The summed E-state index contributed by atoms with van der Waals surface area (Å²) < 4.78 is 5.54. The molecule has 1 aliphatic rings. The second-order valence-electron chi connectivity index (χ2n) is 6.15. The molecule has 2 heterocycles. The number of rotatable bonds is 4. The van der Waals surface area contributed by atoms with Gasteiger partial charge in [0.05, 0.1) is 24.3 Å². The zero-order valence-corrected chi connectivity index (χ0v) is 13.5.